The number of ether oxygens (including phenoxy) is 1. The van der Waals surface area contributed by atoms with Crippen LogP contribution in [0.5, 0.6) is 0 Å². The maximum atomic E-state index is 12.2. The number of esters is 2. The molecule has 0 radical (unpaired) electrons. The molecule has 0 saturated carbocycles. The molecule has 0 spiro atoms. The second kappa shape index (κ2) is 6.22. The summed E-state index contributed by atoms with van der Waals surface area (Å²) >= 11 is 0. The molecule has 0 heterocycles. The highest BCUT2D eigenvalue weighted by Crippen LogP contribution is 2.19. The van der Waals surface area contributed by atoms with Crippen LogP contribution in [0.3, 0.4) is 0 Å². The summed E-state index contributed by atoms with van der Waals surface area (Å²) < 4.78 is 4.97. The quantitative estimate of drug-likeness (QED) is 0.545. The van der Waals surface area contributed by atoms with Crippen LogP contribution in [0.1, 0.15) is 15.9 Å². The van der Waals surface area contributed by atoms with Crippen LogP contribution in [-0.2, 0) is 16.0 Å². The normalized spacial score (nSPS) is 10.4. The van der Waals surface area contributed by atoms with Crippen LogP contribution in [0.4, 0.5) is 0 Å². The molecule has 0 aliphatic carbocycles. The second-order valence-electron chi connectivity index (χ2n) is 4.95. The molecular formula is C19H14O3. The lowest BCUT2D eigenvalue weighted by molar-refractivity contribution is -0.137. The van der Waals surface area contributed by atoms with Crippen molar-refractivity contribution in [2.24, 2.45) is 0 Å². The van der Waals surface area contributed by atoms with Gasteiger partial charge in [-0.3, -0.25) is 4.79 Å². The Kier molecular flexibility index (Phi) is 3.97. The van der Waals surface area contributed by atoms with E-state index in [4.69, 9.17) is 4.74 Å². The first kappa shape index (κ1) is 14.0. The number of carbonyl (C=O) groups excluding carboxylic acids is 2. The van der Waals surface area contributed by atoms with Gasteiger partial charge >= 0.3 is 11.9 Å². The smallest absolute Gasteiger partial charge is 0.346 e. The molecule has 3 heteroatoms. The van der Waals surface area contributed by atoms with E-state index in [1.807, 2.05) is 60.7 Å². The van der Waals surface area contributed by atoms with Crippen LogP contribution in [0, 0.1) is 0 Å². The highest BCUT2D eigenvalue weighted by Gasteiger charge is 2.15. The zero-order valence-electron chi connectivity index (χ0n) is 11.9. The standard InChI is InChI=1S/C19H14O3/c20-18(13-14-7-2-1-3-8-14)22-19(21)17-12-6-10-15-9-4-5-11-16(15)17/h1-12H,13H2. The van der Waals surface area contributed by atoms with Gasteiger partial charge < -0.3 is 4.74 Å². The van der Waals surface area contributed by atoms with Gasteiger partial charge in [-0.25, -0.2) is 4.79 Å². The molecule has 0 saturated heterocycles. The van der Waals surface area contributed by atoms with Crippen molar-refractivity contribution < 1.29 is 14.3 Å². The summed E-state index contributed by atoms with van der Waals surface area (Å²) in [6, 6.07) is 22.1. The van der Waals surface area contributed by atoms with Crippen molar-refractivity contribution in [1.82, 2.24) is 0 Å². The maximum Gasteiger partial charge on any atom is 0.346 e. The Balaban J connectivity index is 1.77. The summed E-state index contributed by atoms with van der Waals surface area (Å²) in [5, 5.41) is 1.72. The Labute approximate surface area is 128 Å². The minimum Gasteiger partial charge on any atom is -0.389 e. The molecule has 0 N–H and O–H groups in total. The Morgan fingerprint density at radius 3 is 2.27 bits per heavy atom. The summed E-state index contributed by atoms with van der Waals surface area (Å²) in [6.45, 7) is 0. The van der Waals surface area contributed by atoms with Crippen molar-refractivity contribution in [1.29, 1.82) is 0 Å². The molecule has 0 bridgehead atoms. The third-order valence-corrected chi connectivity index (χ3v) is 3.41. The summed E-state index contributed by atoms with van der Waals surface area (Å²) in [5.41, 5.74) is 1.22. The average molecular weight is 290 g/mol. The zero-order chi connectivity index (χ0) is 15.4. The minimum atomic E-state index is -0.613. The summed E-state index contributed by atoms with van der Waals surface area (Å²) in [4.78, 5) is 24.1. The molecule has 108 valence electrons. The Morgan fingerprint density at radius 2 is 1.45 bits per heavy atom. The summed E-state index contributed by atoms with van der Waals surface area (Å²) in [7, 11) is 0. The predicted molar refractivity (Wildman–Crippen MR) is 84.5 cm³/mol. The van der Waals surface area contributed by atoms with E-state index in [1.165, 1.54) is 0 Å². The largest absolute Gasteiger partial charge is 0.389 e. The van der Waals surface area contributed by atoms with Gasteiger partial charge in [-0.15, -0.1) is 0 Å². The lowest BCUT2D eigenvalue weighted by atomic mass is 10.0. The van der Waals surface area contributed by atoms with Crippen molar-refractivity contribution in [2.75, 3.05) is 0 Å². The first-order chi connectivity index (χ1) is 10.7. The van der Waals surface area contributed by atoms with Crippen LogP contribution in [0.15, 0.2) is 72.8 Å². The number of benzene rings is 3. The molecule has 3 nitrogen and oxygen atoms in total. The summed E-state index contributed by atoms with van der Waals surface area (Å²) in [5.74, 6) is -1.16. The summed E-state index contributed by atoms with van der Waals surface area (Å²) in [6.07, 6.45) is 0.0807. The average Bonchev–Trinajstić information content (AvgIpc) is 2.55. The van der Waals surface area contributed by atoms with E-state index in [0.717, 1.165) is 16.3 Å². The van der Waals surface area contributed by atoms with Gasteiger partial charge in [-0.2, -0.15) is 0 Å². The van der Waals surface area contributed by atoms with Crippen LogP contribution >= 0.6 is 0 Å². The first-order valence-corrected chi connectivity index (χ1v) is 7.01. The van der Waals surface area contributed by atoms with Crippen LogP contribution in [0.25, 0.3) is 10.8 Å². The van der Waals surface area contributed by atoms with Crippen molar-refractivity contribution in [2.45, 2.75) is 6.42 Å². The fraction of sp³-hybridized carbons (Fsp3) is 0.0526. The van der Waals surface area contributed by atoms with E-state index in [0.29, 0.717) is 5.56 Å². The first-order valence-electron chi connectivity index (χ1n) is 7.01. The Bertz CT molecular complexity index is 817. The molecule has 0 amide bonds. The lowest BCUT2D eigenvalue weighted by Crippen LogP contribution is -2.14. The fourth-order valence-electron chi connectivity index (χ4n) is 2.36. The molecule has 3 aromatic rings. The molecule has 22 heavy (non-hydrogen) atoms. The van der Waals surface area contributed by atoms with Crippen LogP contribution in [0.2, 0.25) is 0 Å². The number of fused-ring (bicyclic) bond motifs is 1. The Morgan fingerprint density at radius 1 is 0.773 bits per heavy atom. The number of carbonyl (C=O) groups is 2. The Hall–Kier alpha value is -2.94. The fourth-order valence-corrected chi connectivity index (χ4v) is 2.36. The number of hydrogen-bond donors (Lipinski definition) is 0. The highest BCUT2D eigenvalue weighted by atomic mass is 16.6. The monoisotopic (exact) mass is 290 g/mol. The van der Waals surface area contributed by atoms with E-state index < -0.39 is 11.9 Å². The van der Waals surface area contributed by atoms with Crippen molar-refractivity contribution in [3.05, 3.63) is 83.9 Å². The van der Waals surface area contributed by atoms with Gasteiger partial charge in [-0.05, 0) is 22.4 Å². The molecule has 3 aromatic carbocycles. The van der Waals surface area contributed by atoms with E-state index in [2.05, 4.69) is 0 Å². The van der Waals surface area contributed by atoms with Crippen LogP contribution in [-0.4, -0.2) is 11.9 Å². The molecule has 0 aliphatic rings. The van der Waals surface area contributed by atoms with Gasteiger partial charge in [0.15, 0.2) is 0 Å². The third-order valence-electron chi connectivity index (χ3n) is 3.41. The molecule has 0 atom stereocenters. The molecule has 0 unspecified atom stereocenters. The van der Waals surface area contributed by atoms with Gasteiger partial charge in [-0.1, -0.05) is 66.7 Å². The SMILES string of the molecule is O=C(Cc1ccccc1)OC(=O)c1cccc2ccccc12. The van der Waals surface area contributed by atoms with Crippen molar-refractivity contribution >= 4 is 22.7 Å². The number of rotatable bonds is 3. The lowest BCUT2D eigenvalue weighted by Gasteiger charge is -2.06. The number of hydrogen-bond acceptors (Lipinski definition) is 3. The topological polar surface area (TPSA) is 43.4 Å². The minimum absolute atomic E-state index is 0.0807. The van der Waals surface area contributed by atoms with Gasteiger partial charge in [0, 0.05) is 0 Å². The molecule has 0 aliphatic heterocycles. The highest BCUT2D eigenvalue weighted by molar-refractivity contribution is 6.07. The van der Waals surface area contributed by atoms with Crippen molar-refractivity contribution in [3.8, 4) is 0 Å². The molecule has 3 rings (SSSR count). The van der Waals surface area contributed by atoms with E-state index >= 15 is 0 Å². The van der Waals surface area contributed by atoms with Crippen molar-refractivity contribution in [3.63, 3.8) is 0 Å². The maximum absolute atomic E-state index is 12.2. The van der Waals surface area contributed by atoms with E-state index in [1.54, 1.807) is 12.1 Å². The van der Waals surface area contributed by atoms with E-state index in [-0.39, 0.29) is 6.42 Å². The van der Waals surface area contributed by atoms with Gasteiger partial charge in [0.25, 0.3) is 0 Å². The third kappa shape index (κ3) is 3.04. The molecule has 0 fully saturated rings. The predicted octanol–water partition coefficient (Wildman–Crippen LogP) is 3.77. The van der Waals surface area contributed by atoms with Crippen LogP contribution < -0.4 is 0 Å². The molecular weight excluding hydrogens is 276 g/mol. The van der Waals surface area contributed by atoms with Gasteiger partial charge in [0.1, 0.15) is 0 Å². The zero-order valence-corrected chi connectivity index (χ0v) is 11.9. The van der Waals surface area contributed by atoms with Gasteiger partial charge in [0.05, 0.1) is 12.0 Å². The molecule has 0 aromatic heterocycles. The van der Waals surface area contributed by atoms with E-state index in [9.17, 15) is 9.59 Å². The second-order valence-corrected chi connectivity index (χ2v) is 4.95. The van der Waals surface area contributed by atoms with Gasteiger partial charge in [0.2, 0.25) is 0 Å².